The summed E-state index contributed by atoms with van der Waals surface area (Å²) in [5, 5.41) is 3.00. The molecule has 0 aromatic heterocycles. The molecule has 1 N–H and O–H groups in total. The van der Waals surface area contributed by atoms with Gasteiger partial charge in [-0.05, 0) is 43.0 Å². The number of nitrogens with zero attached hydrogens (tertiary/aromatic N) is 2. The zero-order valence-electron chi connectivity index (χ0n) is 13.5. The predicted octanol–water partition coefficient (Wildman–Crippen LogP) is 3.65. The molecule has 9 heteroatoms. The Balaban J connectivity index is 1.88. The molecule has 140 valence electrons. The molecule has 1 amide bonds. The van der Waals surface area contributed by atoms with Gasteiger partial charge in [0.05, 0.1) is 5.56 Å². The van der Waals surface area contributed by atoms with Crippen LogP contribution in [-0.2, 0) is 16.5 Å². The Bertz CT molecular complexity index is 740. The average molecular weight is 373 g/mol. The van der Waals surface area contributed by atoms with Crippen molar-refractivity contribution >= 4 is 12.1 Å². The second-order valence-corrected chi connectivity index (χ2v) is 6.22. The van der Waals surface area contributed by atoms with Crippen molar-refractivity contribution in [3.05, 3.63) is 47.7 Å². The summed E-state index contributed by atoms with van der Waals surface area (Å²) in [6.45, 7) is 0. The van der Waals surface area contributed by atoms with Gasteiger partial charge in [-0.25, -0.2) is 0 Å². The highest BCUT2D eigenvalue weighted by molar-refractivity contribution is 5.83. The largest absolute Gasteiger partial charge is 0.416 e. The number of halogens is 5. The van der Waals surface area contributed by atoms with Crippen LogP contribution in [0, 0.1) is 0 Å². The van der Waals surface area contributed by atoms with E-state index in [4.69, 9.17) is 0 Å². The van der Waals surface area contributed by atoms with Crippen LogP contribution in [0.4, 0.5) is 22.0 Å². The Labute approximate surface area is 146 Å². The lowest BCUT2D eigenvalue weighted by atomic mass is 9.71. The first-order valence-electron chi connectivity index (χ1n) is 7.99. The van der Waals surface area contributed by atoms with E-state index >= 15 is 0 Å². The molecular formula is C17H16F5N3O. The molecule has 0 bridgehead atoms. The van der Waals surface area contributed by atoms with Gasteiger partial charge in [-0.1, -0.05) is 12.1 Å². The summed E-state index contributed by atoms with van der Waals surface area (Å²) in [5.74, 6) is -1.42. The summed E-state index contributed by atoms with van der Waals surface area (Å²) in [5.41, 5.74) is -1.24. The van der Waals surface area contributed by atoms with Crippen molar-refractivity contribution in [3.63, 3.8) is 0 Å². The number of nitrogens with one attached hydrogen (secondary N) is 1. The standard InChI is InChI=1S/C17H16F5N3O/c18-13(19)14(26)25-9-3-8-23-15(25)24-16(6-2-7-16)11-4-1-5-12(10-11)17(20,21)22/h1,3-5,8-10,13,15,24H,2,6-7H2. The fraction of sp³-hybridized carbons (Fsp3) is 0.412. The molecule has 1 atom stereocenters. The van der Waals surface area contributed by atoms with E-state index < -0.39 is 35.9 Å². The van der Waals surface area contributed by atoms with Crippen LogP contribution in [0.15, 0.2) is 41.5 Å². The van der Waals surface area contributed by atoms with Gasteiger partial charge in [0.25, 0.3) is 5.91 Å². The number of rotatable bonds is 4. The van der Waals surface area contributed by atoms with Crippen molar-refractivity contribution in [2.75, 3.05) is 0 Å². The van der Waals surface area contributed by atoms with Gasteiger partial charge in [0, 0.05) is 18.0 Å². The maximum atomic E-state index is 13.0. The summed E-state index contributed by atoms with van der Waals surface area (Å²) in [6.07, 6.45) is -3.12. The van der Waals surface area contributed by atoms with Gasteiger partial charge in [-0.3, -0.25) is 20.0 Å². The minimum Gasteiger partial charge on any atom is -0.278 e. The van der Waals surface area contributed by atoms with E-state index in [2.05, 4.69) is 10.3 Å². The normalized spacial score (nSPS) is 21.8. The quantitative estimate of drug-likeness (QED) is 0.819. The zero-order valence-corrected chi connectivity index (χ0v) is 13.5. The van der Waals surface area contributed by atoms with Gasteiger partial charge >= 0.3 is 12.6 Å². The third-order valence-electron chi connectivity index (χ3n) is 4.62. The lowest BCUT2D eigenvalue weighted by Crippen LogP contribution is -2.58. The number of hydrogen-bond donors (Lipinski definition) is 1. The van der Waals surface area contributed by atoms with E-state index in [-0.39, 0.29) is 0 Å². The summed E-state index contributed by atoms with van der Waals surface area (Å²) in [6, 6.07) is 4.90. The van der Waals surface area contributed by atoms with Gasteiger partial charge in [0.15, 0.2) is 6.29 Å². The Morgan fingerprint density at radius 1 is 1.31 bits per heavy atom. The Morgan fingerprint density at radius 3 is 2.62 bits per heavy atom. The maximum absolute atomic E-state index is 13.0. The molecule has 4 nitrogen and oxygen atoms in total. The zero-order chi connectivity index (χ0) is 18.9. The van der Waals surface area contributed by atoms with Crippen LogP contribution in [-0.4, -0.2) is 29.7 Å². The average Bonchev–Trinajstić information content (AvgIpc) is 2.57. The number of alkyl halides is 5. The van der Waals surface area contributed by atoms with E-state index in [1.165, 1.54) is 24.6 Å². The molecule has 1 aromatic rings. The second-order valence-electron chi connectivity index (χ2n) is 6.22. The van der Waals surface area contributed by atoms with Crippen molar-refractivity contribution in [2.45, 2.75) is 43.7 Å². The van der Waals surface area contributed by atoms with E-state index in [0.717, 1.165) is 23.5 Å². The van der Waals surface area contributed by atoms with Gasteiger partial charge in [-0.2, -0.15) is 22.0 Å². The highest BCUT2D eigenvalue weighted by Gasteiger charge is 2.43. The first-order chi connectivity index (χ1) is 12.2. The molecule has 3 rings (SSSR count). The van der Waals surface area contributed by atoms with Crippen LogP contribution in [0.3, 0.4) is 0 Å². The first kappa shape index (κ1) is 18.5. The van der Waals surface area contributed by atoms with Crippen molar-refractivity contribution in [1.29, 1.82) is 0 Å². The fourth-order valence-corrected chi connectivity index (χ4v) is 3.12. The minimum atomic E-state index is -4.48. The van der Waals surface area contributed by atoms with Crippen LogP contribution in [0.1, 0.15) is 30.4 Å². The number of benzene rings is 1. The maximum Gasteiger partial charge on any atom is 0.416 e. The topological polar surface area (TPSA) is 44.7 Å². The van der Waals surface area contributed by atoms with Crippen LogP contribution in [0.2, 0.25) is 0 Å². The second kappa shape index (κ2) is 6.79. The molecule has 1 saturated carbocycles. The summed E-state index contributed by atoms with van der Waals surface area (Å²) in [4.78, 5) is 16.5. The molecule has 1 fully saturated rings. The van der Waals surface area contributed by atoms with Gasteiger partial charge in [-0.15, -0.1) is 0 Å². The molecular weight excluding hydrogens is 357 g/mol. The molecule has 1 aliphatic heterocycles. The van der Waals surface area contributed by atoms with Crippen molar-refractivity contribution in [2.24, 2.45) is 4.99 Å². The third-order valence-corrected chi connectivity index (χ3v) is 4.62. The molecule has 1 heterocycles. The number of hydrogen-bond acceptors (Lipinski definition) is 3. The summed E-state index contributed by atoms with van der Waals surface area (Å²) in [7, 11) is 0. The molecule has 1 aliphatic carbocycles. The van der Waals surface area contributed by atoms with Crippen LogP contribution in [0.25, 0.3) is 0 Å². The van der Waals surface area contributed by atoms with E-state index in [0.29, 0.717) is 18.4 Å². The molecule has 26 heavy (non-hydrogen) atoms. The molecule has 1 unspecified atom stereocenters. The van der Waals surface area contributed by atoms with Crippen LogP contribution >= 0.6 is 0 Å². The Hall–Kier alpha value is -2.29. The van der Waals surface area contributed by atoms with Crippen molar-refractivity contribution < 1.29 is 26.7 Å². The Morgan fingerprint density at radius 2 is 2.04 bits per heavy atom. The summed E-state index contributed by atoms with van der Waals surface area (Å²) < 4.78 is 64.6. The number of aliphatic imine (C=N–C) groups is 1. The van der Waals surface area contributed by atoms with Gasteiger partial charge in [0.1, 0.15) is 0 Å². The molecule has 1 aromatic carbocycles. The first-order valence-corrected chi connectivity index (χ1v) is 7.99. The molecule has 0 spiro atoms. The number of carbonyl (C=O) groups is 1. The monoisotopic (exact) mass is 373 g/mol. The predicted molar refractivity (Wildman–Crippen MR) is 84.4 cm³/mol. The number of allylic oxidation sites excluding steroid dienone is 1. The number of carbonyl (C=O) groups excluding carboxylic acids is 1. The highest BCUT2D eigenvalue weighted by atomic mass is 19.4. The fourth-order valence-electron chi connectivity index (χ4n) is 3.12. The molecule has 0 radical (unpaired) electrons. The third kappa shape index (κ3) is 3.48. The van der Waals surface area contributed by atoms with Crippen LogP contribution in [0.5, 0.6) is 0 Å². The highest BCUT2D eigenvalue weighted by Crippen LogP contribution is 2.43. The van der Waals surface area contributed by atoms with E-state index in [1.807, 2.05) is 0 Å². The van der Waals surface area contributed by atoms with Crippen molar-refractivity contribution in [3.8, 4) is 0 Å². The van der Waals surface area contributed by atoms with Gasteiger partial charge in [0.2, 0.25) is 0 Å². The minimum absolute atomic E-state index is 0.396. The SMILES string of the molecule is O=C(C(F)F)N1C=CC=NC1NC1(c2cccc(C(F)(F)F)c2)CCC1. The molecule has 2 aliphatic rings. The Kier molecular flexibility index (Phi) is 4.83. The van der Waals surface area contributed by atoms with Gasteiger partial charge < -0.3 is 0 Å². The lowest BCUT2D eigenvalue weighted by molar-refractivity contribution is -0.143. The smallest absolute Gasteiger partial charge is 0.278 e. The van der Waals surface area contributed by atoms with Crippen LogP contribution < -0.4 is 5.32 Å². The summed E-state index contributed by atoms with van der Waals surface area (Å²) >= 11 is 0. The van der Waals surface area contributed by atoms with E-state index in [1.54, 1.807) is 6.07 Å². The molecule has 0 saturated heterocycles. The van der Waals surface area contributed by atoms with Crippen molar-refractivity contribution in [1.82, 2.24) is 10.2 Å². The number of amides is 1. The lowest BCUT2D eigenvalue weighted by Gasteiger charge is -2.46. The van der Waals surface area contributed by atoms with E-state index in [9.17, 15) is 26.7 Å².